The molecule has 0 radical (unpaired) electrons. The second-order valence-electron chi connectivity index (χ2n) is 3.32. The molecule has 2 aromatic rings. The Bertz CT molecular complexity index is 461. The van der Waals surface area contributed by atoms with E-state index in [1.165, 1.54) is 11.3 Å². The molecule has 0 aliphatic heterocycles. The SMILES string of the molecule is CC(C)C(=O)c1nc(-c2cscn2)ns1. The summed E-state index contributed by atoms with van der Waals surface area (Å²) in [5, 5.41) is 2.33. The summed E-state index contributed by atoms with van der Waals surface area (Å²) in [6, 6.07) is 0. The van der Waals surface area contributed by atoms with E-state index in [2.05, 4.69) is 14.3 Å². The van der Waals surface area contributed by atoms with Crippen LogP contribution < -0.4 is 0 Å². The average molecular weight is 239 g/mol. The minimum absolute atomic E-state index is 0.0361. The summed E-state index contributed by atoms with van der Waals surface area (Å²) < 4.78 is 4.12. The zero-order valence-electron chi connectivity index (χ0n) is 8.30. The van der Waals surface area contributed by atoms with Crippen molar-refractivity contribution in [2.75, 3.05) is 0 Å². The van der Waals surface area contributed by atoms with Gasteiger partial charge in [0.25, 0.3) is 0 Å². The van der Waals surface area contributed by atoms with Gasteiger partial charge in [-0.05, 0) is 11.5 Å². The lowest BCUT2D eigenvalue weighted by Gasteiger charge is -1.96. The van der Waals surface area contributed by atoms with E-state index in [1.54, 1.807) is 5.51 Å². The second-order valence-corrected chi connectivity index (χ2v) is 4.79. The molecule has 6 heteroatoms. The second kappa shape index (κ2) is 4.16. The predicted molar refractivity (Wildman–Crippen MR) is 60.2 cm³/mol. The van der Waals surface area contributed by atoms with E-state index in [0.717, 1.165) is 17.2 Å². The topological polar surface area (TPSA) is 55.7 Å². The monoisotopic (exact) mass is 239 g/mol. The summed E-state index contributed by atoms with van der Waals surface area (Å²) in [5.41, 5.74) is 2.46. The molecule has 0 aliphatic rings. The van der Waals surface area contributed by atoms with Crippen LogP contribution in [0.3, 0.4) is 0 Å². The number of thiazole rings is 1. The van der Waals surface area contributed by atoms with E-state index in [-0.39, 0.29) is 11.7 Å². The van der Waals surface area contributed by atoms with Crippen LogP contribution in [-0.2, 0) is 0 Å². The summed E-state index contributed by atoms with van der Waals surface area (Å²) in [4.78, 5) is 19.9. The maximum Gasteiger partial charge on any atom is 0.195 e. The van der Waals surface area contributed by atoms with Crippen molar-refractivity contribution in [2.24, 2.45) is 5.92 Å². The van der Waals surface area contributed by atoms with Crippen molar-refractivity contribution in [2.45, 2.75) is 13.8 Å². The van der Waals surface area contributed by atoms with Crippen LogP contribution in [0.5, 0.6) is 0 Å². The van der Waals surface area contributed by atoms with Gasteiger partial charge in [0, 0.05) is 11.3 Å². The highest BCUT2D eigenvalue weighted by molar-refractivity contribution is 7.08. The molecule has 0 saturated heterocycles. The largest absolute Gasteiger partial charge is 0.291 e. The summed E-state index contributed by atoms with van der Waals surface area (Å²) in [7, 11) is 0. The van der Waals surface area contributed by atoms with Gasteiger partial charge in [0.1, 0.15) is 5.69 Å². The molecule has 2 heterocycles. The predicted octanol–water partition coefficient (Wildman–Crippen LogP) is 2.50. The van der Waals surface area contributed by atoms with E-state index in [9.17, 15) is 4.79 Å². The molecular formula is C9H9N3OS2. The minimum atomic E-state index is -0.0405. The van der Waals surface area contributed by atoms with E-state index in [1.807, 2.05) is 19.2 Å². The third-order valence-corrected chi connectivity index (χ3v) is 3.14. The Morgan fingerprint density at radius 1 is 1.47 bits per heavy atom. The fourth-order valence-corrected chi connectivity index (χ4v) is 2.29. The van der Waals surface area contributed by atoms with Crippen LogP contribution in [0.2, 0.25) is 0 Å². The zero-order valence-corrected chi connectivity index (χ0v) is 9.93. The van der Waals surface area contributed by atoms with Gasteiger partial charge >= 0.3 is 0 Å². The van der Waals surface area contributed by atoms with Crippen LogP contribution in [0.15, 0.2) is 10.9 Å². The van der Waals surface area contributed by atoms with Crippen LogP contribution >= 0.6 is 22.9 Å². The molecule has 0 fully saturated rings. The number of ketones is 1. The minimum Gasteiger partial charge on any atom is -0.291 e. The lowest BCUT2D eigenvalue weighted by atomic mass is 10.1. The summed E-state index contributed by atoms with van der Waals surface area (Å²) in [5.74, 6) is 0.542. The Morgan fingerprint density at radius 3 is 2.87 bits per heavy atom. The molecule has 2 aromatic heterocycles. The number of rotatable bonds is 3. The quantitative estimate of drug-likeness (QED) is 0.772. The standard InChI is InChI=1S/C9H9N3OS2/c1-5(2)7(13)9-11-8(12-15-9)6-3-14-4-10-6/h3-5H,1-2H3. The van der Waals surface area contributed by atoms with Crippen LogP contribution in [0.4, 0.5) is 0 Å². The fraction of sp³-hybridized carbons (Fsp3) is 0.333. The molecule has 0 bridgehead atoms. The van der Waals surface area contributed by atoms with Gasteiger partial charge in [0.05, 0.1) is 5.51 Å². The first-order chi connectivity index (χ1) is 7.18. The maximum atomic E-state index is 11.6. The Kier molecular flexibility index (Phi) is 2.88. The molecule has 0 aromatic carbocycles. The van der Waals surface area contributed by atoms with Gasteiger partial charge in [0.2, 0.25) is 0 Å². The van der Waals surface area contributed by atoms with Crippen molar-refractivity contribution < 1.29 is 4.79 Å². The molecule has 0 unspecified atom stereocenters. The summed E-state index contributed by atoms with van der Waals surface area (Å²) in [6.07, 6.45) is 0. The van der Waals surface area contributed by atoms with E-state index < -0.39 is 0 Å². The maximum absolute atomic E-state index is 11.6. The van der Waals surface area contributed by atoms with E-state index in [0.29, 0.717) is 10.8 Å². The average Bonchev–Trinajstić information content (AvgIpc) is 2.86. The van der Waals surface area contributed by atoms with Gasteiger partial charge in [0.15, 0.2) is 16.6 Å². The smallest absolute Gasteiger partial charge is 0.195 e. The third-order valence-electron chi connectivity index (χ3n) is 1.82. The third kappa shape index (κ3) is 2.10. The van der Waals surface area contributed by atoms with Crippen molar-refractivity contribution >= 4 is 28.7 Å². The lowest BCUT2D eigenvalue weighted by molar-refractivity contribution is 0.0939. The number of hydrogen-bond donors (Lipinski definition) is 0. The van der Waals surface area contributed by atoms with Crippen molar-refractivity contribution in [1.29, 1.82) is 0 Å². The summed E-state index contributed by atoms with van der Waals surface area (Å²) >= 11 is 2.63. The first kappa shape index (κ1) is 10.4. The molecule has 15 heavy (non-hydrogen) atoms. The number of carbonyl (C=O) groups is 1. The van der Waals surface area contributed by atoms with Crippen LogP contribution in [0.25, 0.3) is 11.5 Å². The van der Waals surface area contributed by atoms with Crippen LogP contribution in [0, 0.1) is 5.92 Å². The molecule has 0 atom stereocenters. The fourth-order valence-electron chi connectivity index (χ4n) is 0.998. The first-order valence-electron chi connectivity index (χ1n) is 4.45. The van der Waals surface area contributed by atoms with Crippen molar-refractivity contribution in [3.05, 3.63) is 15.9 Å². The van der Waals surface area contributed by atoms with Gasteiger partial charge < -0.3 is 0 Å². The van der Waals surface area contributed by atoms with Crippen LogP contribution in [-0.4, -0.2) is 20.1 Å². The van der Waals surface area contributed by atoms with Crippen molar-refractivity contribution in [1.82, 2.24) is 14.3 Å². The highest BCUT2D eigenvalue weighted by atomic mass is 32.1. The Labute approximate surface area is 95.2 Å². The van der Waals surface area contributed by atoms with E-state index in [4.69, 9.17) is 0 Å². The molecular weight excluding hydrogens is 230 g/mol. The molecule has 0 N–H and O–H groups in total. The number of Topliss-reactive ketones (excluding diaryl/α,β-unsaturated/α-hetero) is 1. The first-order valence-corrected chi connectivity index (χ1v) is 6.16. The molecule has 0 spiro atoms. The molecule has 78 valence electrons. The molecule has 2 rings (SSSR count). The van der Waals surface area contributed by atoms with Crippen molar-refractivity contribution in [3.63, 3.8) is 0 Å². The molecule has 0 saturated carbocycles. The van der Waals surface area contributed by atoms with Gasteiger partial charge in [-0.1, -0.05) is 13.8 Å². The van der Waals surface area contributed by atoms with Gasteiger partial charge in [-0.25, -0.2) is 9.97 Å². The van der Waals surface area contributed by atoms with Crippen LogP contribution in [0.1, 0.15) is 23.6 Å². The number of hydrogen-bond acceptors (Lipinski definition) is 6. The van der Waals surface area contributed by atoms with Gasteiger partial charge in [-0.15, -0.1) is 11.3 Å². The van der Waals surface area contributed by atoms with E-state index >= 15 is 0 Å². The number of carbonyl (C=O) groups excluding carboxylic acids is 1. The highest BCUT2D eigenvalue weighted by Crippen LogP contribution is 2.19. The Morgan fingerprint density at radius 2 is 2.27 bits per heavy atom. The lowest BCUT2D eigenvalue weighted by Crippen LogP contribution is -2.06. The number of aromatic nitrogens is 3. The molecule has 4 nitrogen and oxygen atoms in total. The van der Waals surface area contributed by atoms with Crippen molar-refractivity contribution in [3.8, 4) is 11.5 Å². The molecule has 0 aliphatic carbocycles. The highest BCUT2D eigenvalue weighted by Gasteiger charge is 2.17. The Hall–Kier alpha value is -1.14. The number of nitrogens with zero attached hydrogens (tertiary/aromatic N) is 3. The Balaban J connectivity index is 2.29. The molecule has 0 amide bonds. The van der Waals surface area contributed by atoms with Gasteiger partial charge in [-0.3, -0.25) is 4.79 Å². The zero-order chi connectivity index (χ0) is 10.8. The van der Waals surface area contributed by atoms with Gasteiger partial charge in [-0.2, -0.15) is 4.37 Å². The summed E-state index contributed by atoms with van der Waals surface area (Å²) in [6.45, 7) is 3.71. The normalized spacial score (nSPS) is 10.9.